The van der Waals surface area contributed by atoms with Crippen LogP contribution in [0, 0.1) is 0 Å². The van der Waals surface area contributed by atoms with Crippen molar-refractivity contribution in [2.24, 2.45) is 0 Å². The number of hydrogen-bond acceptors (Lipinski definition) is 12. The molecule has 2 saturated heterocycles. The van der Waals surface area contributed by atoms with Gasteiger partial charge in [0.2, 0.25) is 11.8 Å². The Labute approximate surface area is 347 Å². The van der Waals surface area contributed by atoms with Gasteiger partial charge in [0, 0.05) is 72.6 Å². The first-order valence-electron chi connectivity index (χ1n) is 19.9. The molecule has 0 radical (unpaired) electrons. The van der Waals surface area contributed by atoms with Crippen molar-refractivity contribution < 1.29 is 47.8 Å². The highest BCUT2D eigenvalue weighted by atomic mass is 16.6. The second-order valence-corrected chi connectivity index (χ2v) is 17.3. The first kappa shape index (κ1) is 41.6. The van der Waals surface area contributed by atoms with Gasteiger partial charge in [0.15, 0.2) is 0 Å². The van der Waals surface area contributed by atoms with Crippen molar-refractivity contribution in [3.05, 3.63) is 94.0 Å². The molecular weight excluding hydrogens is 773 g/mol. The van der Waals surface area contributed by atoms with E-state index in [1.54, 1.807) is 65.8 Å². The highest BCUT2D eigenvalue weighted by Gasteiger charge is 2.48. The van der Waals surface area contributed by atoms with E-state index >= 15 is 0 Å². The summed E-state index contributed by atoms with van der Waals surface area (Å²) < 4.78 is 10.6. The predicted molar refractivity (Wildman–Crippen MR) is 216 cm³/mol. The van der Waals surface area contributed by atoms with Gasteiger partial charge in [-0.1, -0.05) is 36.4 Å². The lowest BCUT2D eigenvalue weighted by molar-refractivity contribution is -0.152. The quantitative estimate of drug-likeness (QED) is 0.263. The van der Waals surface area contributed by atoms with E-state index in [-0.39, 0.29) is 50.6 Å². The zero-order valence-corrected chi connectivity index (χ0v) is 34.5. The Morgan fingerprint density at radius 2 is 0.950 bits per heavy atom. The molecule has 16 heteroatoms. The SMILES string of the molecule is CC(C)(C)OC(=O)N1C(=O)CCC(N2Cc3c(NCc4ccc(CNc5cccc6c5CN(C5CCC(=O)N(C(=O)OC(C)(C)C)C5=O)C6=O)cc4)cccc3C2=O)C1=O. The highest BCUT2D eigenvalue weighted by Crippen LogP contribution is 2.36. The molecule has 0 aliphatic carbocycles. The summed E-state index contributed by atoms with van der Waals surface area (Å²) >= 11 is 0. The van der Waals surface area contributed by atoms with Gasteiger partial charge in [-0.3, -0.25) is 28.8 Å². The van der Waals surface area contributed by atoms with Gasteiger partial charge in [-0.2, -0.15) is 9.80 Å². The fraction of sp³-hybridized carbons (Fsp3) is 0.409. The van der Waals surface area contributed by atoms with Crippen LogP contribution in [0.2, 0.25) is 0 Å². The summed E-state index contributed by atoms with van der Waals surface area (Å²) in [5.41, 5.74) is 3.84. The van der Waals surface area contributed by atoms with Gasteiger partial charge in [0.1, 0.15) is 23.3 Å². The summed E-state index contributed by atoms with van der Waals surface area (Å²) in [7, 11) is 0. The number of likely N-dealkylation sites (tertiary alicyclic amines) is 2. The van der Waals surface area contributed by atoms with Crippen molar-refractivity contribution in [3.63, 3.8) is 0 Å². The summed E-state index contributed by atoms with van der Waals surface area (Å²) in [6.45, 7) is 11.0. The zero-order chi connectivity index (χ0) is 43.3. The monoisotopic (exact) mass is 820 g/mol. The van der Waals surface area contributed by atoms with Crippen LogP contribution in [0.25, 0.3) is 0 Å². The summed E-state index contributed by atoms with van der Waals surface area (Å²) in [6.07, 6.45) is -2.06. The van der Waals surface area contributed by atoms with Crippen LogP contribution in [0.1, 0.15) is 110 Å². The second kappa shape index (κ2) is 15.9. The third-order valence-electron chi connectivity index (χ3n) is 10.7. The molecule has 0 saturated carbocycles. The number of carbonyl (C=O) groups excluding carboxylic acids is 8. The van der Waals surface area contributed by atoms with E-state index in [2.05, 4.69) is 10.6 Å². The van der Waals surface area contributed by atoms with Crippen molar-refractivity contribution >= 4 is 59.0 Å². The standard InChI is InChI=1S/C44H48N6O10/c1-43(2,3)59-41(57)49-35(51)19-17-33(39(49)55)47-23-29-27(37(47)53)9-7-11-31(29)45-21-25-13-15-26(16-14-25)22-46-32-12-8-10-28-30(32)24-48(38(28)54)34-18-20-36(52)50(40(34)56)42(58)60-44(4,5)6/h7-16,33-34,45-46H,17-24H2,1-6H3. The summed E-state index contributed by atoms with van der Waals surface area (Å²) in [5, 5.41) is 6.83. The van der Waals surface area contributed by atoms with Crippen LogP contribution in [0.5, 0.6) is 0 Å². The van der Waals surface area contributed by atoms with Crippen molar-refractivity contribution in [3.8, 4) is 0 Å². The largest absolute Gasteiger partial charge is 0.443 e. The van der Waals surface area contributed by atoms with Crippen molar-refractivity contribution in [1.29, 1.82) is 0 Å². The Kier molecular flexibility index (Phi) is 11.0. The third kappa shape index (κ3) is 8.31. The van der Waals surface area contributed by atoms with Crippen LogP contribution in [-0.4, -0.2) is 90.5 Å². The molecule has 2 N–H and O–H groups in total. The van der Waals surface area contributed by atoms with Crippen molar-refractivity contribution in [2.45, 2.75) is 117 Å². The number of piperidine rings is 2. The number of imide groups is 6. The molecule has 4 aliphatic heterocycles. The van der Waals surface area contributed by atoms with E-state index < -0.39 is 59.1 Å². The van der Waals surface area contributed by atoms with Gasteiger partial charge >= 0.3 is 12.2 Å². The van der Waals surface area contributed by atoms with E-state index in [4.69, 9.17) is 9.47 Å². The van der Waals surface area contributed by atoms with Gasteiger partial charge in [-0.25, -0.2) is 9.59 Å². The van der Waals surface area contributed by atoms with Crippen molar-refractivity contribution in [1.82, 2.24) is 19.6 Å². The average molecular weight is 821 g/mol. The van der Waals surface area contributed by atoms with E-state index in [0.717, 1.165) is 22.5 Å². The van der Waals surface area contributed by atoms with E-state index in [1.807, 2.05) is 36.4 Å². The van der Waals surface area contributed by atoms with Crippen LogP contribution in [0.15, 0.2) is 60.7 Å². The molecular formula is C44H48N6O10. The molecule has 2 atom stereocenters. The number of fused-ring (bicyclic) bond motifs is 2. The van der Waals surface area contributed by atoms with E-state index in [1.165, 1.54) is 9.80 Å². The fourth-order valence-electron chi connectivity index (χ4n) is 7.82. The molecule has 4 aliphatic rings. The lowest BCUT2D eigenvalue weighted by atomic mass is 10.0. The Morgan fingerprint density at radius 1 is 0.583 bits per heavy atom. The maximum atomic E-state index is 13.6. The van der Waals surface area contributed by atoms with Crippen molar-refractivity contribution in [2.75, 3.05) is 10.6 Å². The second-order valence-electron chi connectivity index (χ2n) is 17.3. The van der Waals surface area contributed by atoms with Crippen LogP contribution in [-0.2, 0) is 54.8 Å². The van der Waals surface area contributed by atoms with E-state index in [9.17, 15) is 38.4 Å². The highest BCUT2D eigenvalue weighted by molar-refractivity contribution is 6.15. The molecule has 0 bridgehead atoms. The number of hydrogen-bond donors (Lipinski definition) is 2. The topological polar surface area (TPSA) is 192 Å². The molecule has 0 spiro atoms. The summed E-state index contributed by atoms with van der Waals surface area (Å²) in [5.74, 6) is -3.58. The number of benzene rings is 3. The zero-order valence-electron chi connectivity index (χ0n) is 34.5. The molecule has 2 unspecified atom stereocenters. The minimum atomic E-state index is -1.05. The van der Waals surface area contributed by atoms with Crippen LogP contribution >= 0.6 is 0 Å². The number of rotatable bonds is 8. The molecule has 4 heterocycles. The molecule has 3 aromatic carbocycles. The van der Waals surface area contributed by atoms with E-state index in [0.29, 0.717) is 45.1 Å². The minimum Gasteiger partial charge on any atom is -0.443 e. The van der Waals surface area contributed by atoms with Gasteiger partial charge < -0.3 is 29.9 Å². The maximum Gasteiger partial charge on any atom is 0.424 e. The van der Waals surface area contributed by atoms with Crippen LogP contribution in [0.3, 0.4) is 0 Å². The third-order valence-corrected chi connectivity index (χ3v) is 10.7. The number of amides is 8. The van der Waals surface area contributed by atoms with Crippen LogP contribution < -0.4 is 10.6 Å². The number of nitrogens with one attached hydrogen (secondary N) is 2. The Morgan fingerprint density at radius 3 is 1.30 bits per heavy atom. The first-order valence-corrected chi connectivity index (χ1v) is 19.9. The Hall–Kier alpha value is -6.58. The Balaban J connectivity index is 0.962. The smallest absolute Gasteiger partial charge is 0.424 e. The number of ether oxygens (including phenoxy) is 2. The molecule has 8 amide bonds. The molecule has 0 aromatic heterocycles. The number of anilines is 2. The molecule has 16 nitrogen and oxygen atoms in total. The average Bonchev–Trinajstić information content (AvgIpc) is 3.68. The first-order chi connectivity index (χ1) is 28.3. The number of carbonyl (C=O) groups is 8. The normalized spacial score (nSPS) is 19.4. The summed E-state index contributed by atoms with van der Waals surface area (Å²) in [6, 6.07) is 16.5. The fourth-order valence-corrected chi connectivity index (χ4v) is 7.82. The lowest BCUT2D eigenvalue weighted by Crippen LogP contribution is -2.57. The lowest BCUT2D eigenvalue weighted by Gasteiger charge is -2.35. The molecule has 314 valence electrons. The number of nitrogens with zero attached hydrogens (tertiary/aromatic N) is 4. The Bertz CT molecular complexity index is 2150. The summed E-state index contributed by atoms with van der Waals surface area (Å²) in [4.78, 5) is 109. The van der Waals surface area contributed by atoms with Gasteiger partial charge in [-0.05, 0) is 89.8 Å². The maximum absolute atomic E-state index is 13.6. The molecule has 7 rings (SSSR count). The van der Waals surface area contributed by atoms with Gasteiger partial charge in [-0.15, -0.1) is 0 Å². The predicted octanol–water partition coefficient (Wildman–Crippen LogP) is 5.73. The minimum absolute atomic E-state index is 0.0808. The molecule has 60 heavy (non-hydrogen) atoms. The van der Waals surface area contributed by atoms with Crippen LogP contribution in [0.4, 0.5) is 21.0 Å². The molecule has 3 aromatic rings. The molecule has 2 fully saturated rings. The van der Waals surface area contributed by atoms with Gasteiger partial charge in [0.25, 0.3) is 23.6 Å². The van der Waals surface area contributed by atoms with Gasteiger partial charge in [0.05, 0.1) is 0 Å².